The lowest BCUT2D eigenvalue weighted by Crippen LogP contribution is -2.25. The molecule has 5 nitrogen and oxygen atoms in total. The van der Waals surface area contributed by atoms with Crippen LogP contribution in [0.5, 0.6) is 17.2 Å². The van der Waals surface area contributed by atoms with Crippen LogP contribution in [0, 0.1) is 0 Å². The van der Waals surface area contributed by atoms with Gasteiger partial charge in [-0.1, -0.05) is 24.3 Å². The Balaban J connectivity index is 1.54. The maximum Gasteiger partial charge on any atom is 0.120 e. The topological polar surface area (TPSA) is 45.2 Å². The summed E-state index contributed by atoms with van der Waals surface area (Å²) < 4.78 is 11.5. The number of nitrogens with zero attached hydrogens (tertiary/aromatic N) is 2. The molecule has 0 aliphatic heterocycles. The molecule has 186 valence electrons. The van der Waals surface area contributed by atoms with Gasteiger partial charge in [-0.25, -0.2) is 0 Å². The molecule has 1 atom stereocenters. The van der Waals surface area contributed by atoms with E-state index in [4.69, 9.17) is 9.47 Å². The van der Waals surface area contributed by atoms with Gasteiger partial charge in [0.15, 0.2) is 0 Å². The maximum absolute atomic E-state index is 9.87. The van der Waals surface area contributed by atoms with Crippen LogP contribution >= 0.6 is 0 Å². The zero-order valence-corrected chi connectivity index (χ0v) is 21.5. The van der Waals surface area contributed by atoms with Gasteiger partial charge < -0.3 is 24.4 Å². The first-order valence-corrected chi connectivity index (χ1v) is 12.6. The molecule has 0 unspecified atom stereocenters. The Bertz CT molecular complexity index is 1110. The van der Waals surface area contributed by atoms with E-state index < -0.39 is 0 Å². The highest BCUT2D eigenvalue weighted by molar-refractivity contribution is 5.60. The molecule has 1 N–H and O–H groups in total. The Labute approximate surface area is 209 Å². The second-order valence-electron chi connectivity index (χ2n) is 9.63. The number of phenols is 1. The number of ether oxygens (including phenoxy) is 2. The van der Waals surface area contributed by atoms with E-state index in [1.54, 1.807) is 7.11 Å². The van der Waals surface area contributed by atoms with E-state index in [2.05, 4.69) is 79.3 Å². The first kappa shape index (κ1) is 24.9. The lowest BCUT2D eigenvalue weighted by Gasteiger charge is -2.32. The van der Waals surface area contributed by atoms with Gasteiger partial charge in [-0.2, -0.15) is 0 Å². The third-order valence-electron chi connectivity index (χ3n) is 6.92. The third kappa shape index (κ3) is 6.29. The average Bonchev–Trinajstić information content (AvgIpc) is 2.87. The van der Waals surface area contributed by atoms with Gasteiger partial charge in [-0.3, -0.25) is 0 Å². The van der Waals surface area contributed by atoms with Gasteiger partial charge >= 0.3 is 0 Å². The number of fused-ring (bicyclic) bond motifs is 1. The lowest BCUT2D eigenvalue weighted by molar-refractivity contribution is 0.261. The van der Waals surface area contributed by atoms with Gasteiger partial charge in [0.1, 0.15) is 23.9 Å². The van der Waals surface area contributed by atoms with Crippen molar-refractivity contribution in [1.29, 1.82) is 0 Å². The van der Waals surface area contributed by atoms with Crippen molar-refractivity contribution in [3.63, 3.8) is 0 Å². The average molecular weight is 475 g/mol. The monoisotopic (exact) mass is 474 g/mol. The molecule has 1 aliphatic rings. The molecular weight excluding hydrogens is 436 g/mol. The van der Waals surface area contributed by atoms with E-state index in [9.17, 15) is 5.11 Å². The van der Waals surface area contributed by atoms with Gasteiger partial charge in [-0.15, -0.1) is 0 Å². The van der Waals surface area contributed by atoms with Crippen LogP contribution in [-0.2, 0) is 19.4 Å². The highest BCUT2D eigenvalue weighted by atomic mass is 16.5. The van der Waals surface area contributed by atoms with Crippen LogP contribution in [0.2, 0.25) is 0 Å². The van der Waals surface area contributed by atoms with Crippen LogP contribution in [0.1, 0.15) is 41.5 Å². The van der Waals surface area contributed by atoms with Crippen molar-refractivity contribution < 1.29 is 14.6 Å². The molecule has 0 bridgehead atoms. The van der Waals surface area contributed by atoms with E-state index in [0.29, 0.717) is 18.3 Å². The second kappa shape index (κ2) is 11.5. The standard InChI is InChI=1S/C30H38N2O3/c1-5-32(21-22-6-12-27(13-7-22)35-17-16-31(2)3)30-20-28(34-4)14-15-29(30)25-9-8-24-19-26(33)11-10-23(24)18-25/h6-7,10-15,19-20,25,33H,5,8-9,16-18,21H2,1-4H3/t25-/m0/s1. The lowest BCUT2D eigenvalue weighted by atomic mass is 9.79. The molecule has 0 spiro atoms. The third-order valence-corrected chi connectivity index (χ3v) is 6.92. The molecule has 3 aromatic rings. The number of aromatic hydroxyl groups is 1. The van der Waals surface area contributed by atoms with Gasteiger partial charge in [0.05, 0.1) is 7.11 Å². The van der Waals surface area contributed by atoms with Crippen LogP contribution in [0.3, 0.4) is 0 Å². The van der Waals surface area contributed by atoms with E-state index in [1.807, 2.05) is 12.1 Å². The summed E-state index contributed by atoms with van der Waals surface area (Å²) in [4.78, 5) is 4.56. The summed E-state index contributed by atoms with van der Waals surface area (Å²) in [7, 11) is 5.83. The number of methoxy groups -OCH3 is 1. The number of anilines is 1. The minimum absolute atomic E-state index is 0.360. The molecule has 0 heterocycles. The van der Waals surface area contributed by atoms with Crippen LogP contribution in [0.4, 0.5) is 5.69 Å². The van der Waals surface area contributed by atoms with Crippen molar-refractivity contribution in [2.24, 2.45) is 0 Å². The summed E-state index contributed by atoms with van der Waals surface area (Å²) in [5, 5.41) is 9.87. The van der Waals surface area contributed by atoms with Gasteiger partial charge in [-0.05, 0) is 98.8 Å². The van der Waals surface area contributed by atoms with E-state index in [1.165, 1.54) is 27.9 Å². The molecule has 4 rings (SSSR count). The Morgan fingerprint density at radius 1 is 0.943 bits per heavy atom. The summed E-state index contributed by atoms with van der Waals surface area (Å²) in [6.07, 6.45) is 3.05. The van der Waals surface area contributed by atoms with Gasteiger partial charge in [0, 0.05) is 31.4 Å². The van der Waals surface area contributed by atoms with Crippen molar-refractivity contribution in [3.8, 4) is 17.2 Å². The molecule has 0 radical (unpaired) electrons. The Morgan fingerprint density at radius 3 is 2.43 bits per heavy atom. The van der Waals surface area contributed by atoms with Crippen molar-refractivity contribution in [1.82, 2.24) is 4.90 Å². The van der Waals surface area contributed by atoms with Crippen LogP contribution in [0.15, 0.2) is 60.7 Å². The molecule has 0 saturated carbocycles. The normalized spacial score (nSPS) is 15.1. The summed E-state index contributed by atoms with van der Waals surface area (Å²) in [5.74, 6) is 2.59. The molecule has 5 heteroatoms. The smallest absolute Gasteiger partial charge is 0.120 e. The van der Waals surface area contributed by atoms with Crippen LogP contribution in [-0.4, -0.2) is 50.9 Å². The van der Waals surface area contributed by atoms with Crippen LogP contribution < -0.4 is 14.4 Å². The highest BCUT2D eigenvalue weighted by Gasteiger charge is 2.24. The molecule has 3 aromatic carbocycles. The Kier molecular flexibility index (Phi) is 8.19. The summed E-state index contributed by atoms with van der Waals surface area (Å²) in [5.41, 5.74) is 6.48. The largest absolute Gasteiger partial charge is 0.508 e. The van der Waals surface area contributed by atoms with Crippen molar-refractivity contribution in [2.75, 3.05) is 45.8 Å². The number of phenolic OH excluding ortho intramolecular Hbond substituents is 1. The Morgan fingerprint density at radius 2 is 1.71 bits per heavy atom. The van der Waals surface area contributed by atoms with Crippen molar-refractivity contribution in [3.05, 3.63) is 82.9 Å². The quantitative estimate of drug-likeness (QED) is 0.412. The molecule has 0 fully saturated rings. The molecular formula is C30H38N2O3. The summed E-state index contributed by atoms with van der Waals surface area (Å²) >= 11 is 0. The fourth-order valence-corrected chi connectivity index (χ4v) is 4.90. The van der Waals surface area contributed by atoms with Crippen molar-refractivity contribution in [2.45, 2.75) is 38.6 Å². The number of likely N-dealkylation sites (N-methyl/N-ethyl adjacent to an activating group) is 1. The number of rotatable bonds is 10. The first-order valence-electron chi connectivity index (χ1n) is 12.6. The predicted octanol–water partition coefficient (Wildman–Crippen LogP) is 5.64. The van der Waals surface area contributed by atoms with Crippen LogP contribution in [0.25, 0.3) is 0 Å². The fraction of sp³-hybridized carbons (Fsp3) is 0.400. The summed E-state index contributed by atoms with van der Waals surface area (Å²) in [6.45, 7) is 5.52. The predicted molar refractivity (Wildman–Crippen MR) is 143 cm³/mol. The highest BCUT2D eigenvalue weighted by Crippen LogP contribution is 2.40. The maximum atomic E-state index is 9.87. The van der Waals surface area contributed by atoms with Gasteiger partial charge in [0.25, 0.3) is 0 Å². The SMILES string of the molecule is CCN(Cc1ccc(OCCN(C)C)cc1)c1cc(OC)ccc1[C@H]1CCc2cc(O)ccc2C1. The zero-order chi connectivity index (χ0) is 24.8. The van der Waals surface area contributed by atoms with E-state index >= 15 is 0 Å². The minimum atomic E-state index is 0.360. The zero-order valence-electron chi connectivity index (χ0n) is 21.5. The second-order valence-corrected chi connectivity index (χ2v) is 9.63. The fourth-order valence-electron chi connectivity index (χ4n) is 4.90. The first-order chi connectivity index (χ1) is 17.0. The van der Waals surface area contributed by atoms with Crippen molar-refractivity contribution >= 4 is 5.69 Å². The summed E-state index contributed by atoms with van der Waals surface area (Å²) in [6, 6.07) is 20.8. The number of aryl methyl sites for hydroxylation is 1. The number of hydrogen-bond acceptors (Lipinski definition) is 5. The minimum Gasteiger partial charge on any atom is -0.508 e. The van der Waals surface area contributed by atoms with E-state index in [-0.39, 0.29) is 0 Å². The molecule has 1 aliphatic carbocycles. The molecule has 35 heavy (non-hydrogen) atoms. The molecule has 0 aromatic heterocycles. The molecule has 0 amide bonds. The molecule has 0 saturated heterocycles. The Hall–Kier alpha value is -3.18. The number of hydrogen-bond donors (Lipinski definition) is 1. The number of benzene rings is 3. The van der Waals surface area contributed by atoms with E-state index in [0.717, 1.165) is 50.4 Å². The van der Waals surface area contributed by atoms with Gasteiger partial charge in [0.2, 0.25) is 0 Å².